The minimum Gasteiger partial charge on any atom is -0.465 e. The van der Waals surface area contributed by atoms with Crippen molar-refractivity contribution in [3.63, 3.8) is 0 Å². The van der Waals surface area contributed by atoms with Crippen LogP contribution in [0.3, 0.4) is 0 Å². The quantitative estimate of drug-likeness (QED) is 0.403. The van der Waals surface area contributed by atoms with Gasteiger partial charge in [0.2, 0.25) is 0 Å². The Kier molecular flexibility index (Phi) is 7.76. The Bertz CT molecular complexity index is 192. The van der Waals surface area contributed by atoms with Gasteiger partial charge in [-0.1, -0.05) is 35.7 Å². The third kappa shape index (κ3) is 4.74. The lowest BCUT2D eigenvalue weighted by atomic mass is 9.98. The average Bonchev–Trinajstić information content (AvgIpc) is 2.18. The maximum Gasteiger partial charge on any atom is 0.316 e. The van der Waals surface area contributed by atoms with E-state index in [9.17, 15) is 9.59 Å². The van der Waals surface area contributed by atoms with Gasteiger partial charge in [0, 0.05) is 0 Å². The Morgan fingerprint density at radius 1 is 1.36 bits per heavy atom. The standard InChI is InChI=1S/C10H17BrO3/c1-3-5-6-8(9(12)7-11)10(13)14-4-2/h8H,3-7H2,1-2H3. The lowest BCUT2D eigenvalue weighted by molar-refractivity contribution is -0.151. The number of esters is 1. The molecule has 0 saturated heterocycles. The van der Waals surface area contributed by atoms with Crippen molar-refractivity contribution in [2.75, 3.05) is 11.9 Å². The number of ketones is 1. The van der Waals surface area contributed by atoms with Crippen molar-refractivity contribution in [1.29, 1.82) is 0 Å². The molecule has 1 atom stereocenters. The molecule has 14 heavy (non-hydrogen) atoms. The summed E-state index contributed by atoms with van der Waals surface area (Å²) in [6.45, 7) is 4.10. The van der Waals surface area contributed by atoms with Crippen LogP contribution in [0.2, 0.25) is 0 Å². The van der Waals surface area contributed by atoms with E-state index >= 15 is 0 Å². The van der Waals surface area contributed by atoms with Crippen molar-refractivity contribution in [1.82, 2.24) is 0 Å². The van der Waals surface area contributed by atoms with Crippen molar-refractivity contribution in [3.05, 3.63) is 0 Å². The second-order valence-electron chi connectivity index (χ2n) is 3.05. The lowest BCUT2D eigenvalue weighted by Crippen LogP contribution is -2.27. The molecule has 1 unspecified atom stereocenters. The molecule has 0 aromatic heterocycles. The van der Waals surface area contributed by atoms with Crippen LogP contribution in [0.5, 0.6) is 0 Å². The van der Waals surface area contributed by atoms with Gasteiger partial charge < -0.3 is 4.74 Å². The molecule has 4 heteroatoms. The van der Waals surface area contributed by atoms with Gasteiger partial charge in [-0.3, -0.25) is 9.59 Å². The molecule has 0 aromatic rings. The minimum atomic E-state index is -0.575. The Morgan fingerprint density at radius 3 is 2.43 bits per heavy atom. The highest BCUT2D eigenvalue weighted by molar-refractivity contribution is 9.09. The average molecular weight is 265 g/mol. The highest BCUT2D eigenvalue weighted by atomic mass is 79.9. The summed E-state index contributed by atoms with van der Waals surface area (Å²) in [6, 6.07) is 0. The molecular formula is C10H17BrO3. The van der Waals surface area contributed by atoms with Crippen LogP contribution in [0.4, 0.5) is 0 Å². The molecule has 0 aromatic carbocycles. The molecule has 0 spiro atoms. The number of halogens is 1. The normalized spacial score (nSPS) is 12.2. The van der Waals surface area contributed by atoms with Crippen LogP contribution in [0.1, 0.15) is 33.1 Å². The second-order valence-corrected chi connectivity index (χ2v) is 3.61. The molecule has 0 fully saturated rings. The first-order valence-corrected chi connectivity index (χ1v) is 6.04. The van der Waals surface area contributed by atoms with E-state index in [0.29, 0.717) is 13.0 Å². The molecular weight excluding hydrogens is 248 g/mol. The Hall–Kier alpha value is -0.380. The van der Waals surface area contributed by atoms with Crippen LogP contribution in [-0.4, -0.2) is 23.7 Å². The number of Topliss-reactive ketones (excluding diaryl/α,β-unsaturated/α-hetero) is 1. The molecule has 0 heterocycles. The fourth-order valence-electron chi connectivity index (χ4n) is 1.15. The second kappa shape index (κ2) is 7.97. The van der Waals surface area contributed by atoms with Crippen LogP contribution < -0.4 is 0 Å². The zero-order valence-electron chi connectivity index (χ0n) is 8.72. The van der Waals surface area contributed by atoms with E-state index in [0.717, 1.165) is 12.8 Å². The van der Waals surface area contributed by atoms with Crippen molar-refractivity contribution >= 4 is 27.7 Å². The van der Waals surface area contributed by atoms with Gasteiger partial charge in [-0.25, -0.2) is 0 Å². The lowest BCUT2D eigenvalue weighted by Gasteiger charge is -2.12. The number of carbonyl (C=O) groups excluding carboxylic acids is 2. The summed E-state index contributed by atoms with van der Waals surface area (Å²) in [6.07, 6.45) is 2.45. The van der Waals surface area contributed by atoms with Crippen LogP contribution in [-0.2, 0) is 14.3 Å². The summed E-state index contributed by atoms with van der Waals surface area (Å²) < 4.78 is 4.84. The topological polar surface area (TPSA) is 43.4 Å². The van der Waals surface area contributed by atoms with Gasteiger partial charge in [-0.2, -0.15) is 0 Å². The van der Waals surface area contributed by atoms with Crippen molar-refractivity contribution in [2.24, 2.45) is 5.92 Å². The van der Waals surface area contributed by atoms with E-state index in [2.05, 4.69) is 15.9 Å². The van der Waals surface area contributed by atoms with E-state index in [-0.39, 0.29) is 17.1 Å². The predicted octanol–water partition coefficient (Wildman–Crippen LogP) is 2.32. The summed E-state index contributed by atoms with van der Waals surface area (Å²) in [5, 5.41) is 0.222. The number of alkyl halides is 1. The first-order chi connectivity index (χ1) is 6.67. The molecule has 0 radical (unpaired) electrons. The molecule has 0 aliphatic rings. The van der Waals surface area contributed by atoms with Crippen molar-refractivity contribution in [2.45, 2.75) is 33.1 Å². The molecule has 0 N–H and O–H groups in total. The van der Waals surface area contributed by atoms with Crippen molar-refractivity contribution < 1.29 is 14.3 Å². The zero-order valence-corrected chi connectivity index (χ0v) is 10.3. The molecule has 0 amide bonds. The maximum atomic E-state index is 11.4. The van der Waals surface area contributed by atoms with Gasteiger partial charge in [-0.15, -0.1) is 0 Å². The number of hydrogen-bond donors (Lipinski definition) is 0. The summed E-state index contributed by atoms with van der Waals surface area (Å²) in [7, 11) is 0. The fraction of sp³-hybridized carbons (Fsp3) is 0.800. The van der Waals surface area contributed by atoms with E-state index in [4.69, 9.17) is 4.74 Å². The highest BCUT2D eigenvalue weighted by Gasteiger charge is 2.25. The van der Waals surface area contributed by atoms with Gasteiger partial charge in [-0.05, 0) is 13.3 Å². The Morgan fingerprint density at radius 2 is 2.00 bits per heavy atom. The van der Waals surface area contributed by atoms with Gasteiger partial charge >= 0.3 is 5.97 Å². The smallest absolute Gasteiger partial charge is 0.316 e. The van der Waals surface area contributed by atoms with E-state index in [1.807, 2.05) is 6.92 Å². The largest absolute Gasteiger partial charge is 0.465 e. The summed E-state index contributed by atoms with van der Waals surface area (Å²) in [5.74, 6) is -1.04. The summed E-state index contributed by atoms with van der Waals surface area (Å²) >= 11 is 3.07. The van der Waals surface area contributed by atoms with Gasteiger partial charge in [0.1, 0.15) is 5.92 Å². The van der Waals surface area contributed by atoms with Gasteiger partial charge in [0.15, 0.2) is 5.78 Å². The molecule has 0 saturated carbocycles. The number of rotatable bonds is 7. The highest BCUT2D eigenvalue weighted by Crippen LogP contribution is 2.13. The first kappa shape index (κ1) is 13.6. The zero-order chi connectivity index (χ0) is 11.0. The monoisotopic (exact) mass is 264 g/mol. The molecule has 0 bridgehead atoms. The van der Waals surface area contributed by atoms with E-state index in [1.54, 1.807) is 6.92 Å². The molecule has 0 aliphatic carbocycles. The third-order valence-electron chi connectivity index (χ3n) is 1.94. The van der Waals surface area contributed by atoms with Crippen LogP contribution >= 0.6 is 15.9 Å². The number of carbonyl (C=O) groups is 2. The predicted molar refractivity (Wildman–Crippen MR) is 58.4 cm³/mol. The van der Waals surface area contributed by atoms with Crippen LogP contribution in [0.15, 0.2) is 0 Å². The number of hydrogen-bond acceptors (Lipinski definition) is 3. The number of unbranched alkanes of at least 4 members (excludes halogenated alkanes) is 1. The number of ether oxygens (including phenoxy) is 1. The van der Waals surface area contributed by atoms with Crippen LogP contribution in [0.25, 0.3) is 0 Å². The minimum absolute atomic E-state index is 0.0862. The first-order valence-electron chi connectivity index (χ1n) is 4.92. The fourth-order valence-corrected chi connectivity index (χ4v) is 1.55. The van der Waals surface area contributed by atoms with Crippen molar-refractivity contribution in [3.8, 4) is 0 Å². The third-order valence-corrected chi connectivity index (χ3v) is 2.49. The van der Waals surface area contributed by atoms with Crippen LogP contribution in [0, 0.1) is 5.92 Å². The van der Waals surface area contributed by atoms with E-state index < -0.39 is 5.92 Å². The molecule has 82 valence electrons. The molecule has 0 aliphatic heterocycles. The Balaban J connectivity index is 4.22. The molecule has 0 rings (SSSR count). The molecule has 3 nitrogen and oxygen atoms in total. The summed E-state index contributed by atoms with van der Waals surface area (Å²) in [5.41, 5.74) is 0. The van der Waals surface area contributed by atoms with Gasteiger partial charge in [0.05, 0.1) is 11.9 Å². The summed E-state index contributed by atoms with van der Waals surface area (Å²) in [4.78, 5) is 22.8. The van der Waals surface area contributed by atoms with E-state index in [1.165, 1.54) is 0 Å². The Labute approximate surface area is 93.3 Å². The SMILES string of the molecule is CCCCC(C(=O)CBr)C(=O)OCC. The van der Waals surface area contributed by atoms with Gasteiger partial charge in [0.25, 0.3) is 0 Å². The maximum absolute atomic E-state index is 11.4.